The van der Waals surface area contributed by atoms with Gasteiger partial charge in [0.1, 0.15) is 35.9 Å². The van der Waals surface area contributed by atoms with Crippen LogP contribution in [-0.2, 0) is 29.4 Å². The second-order valence-electron chi connectivity index (χ2n) is 9.15. The largest absolute Gasteiger partial charge is 0.497 e. The molecule has 10 heteroatoms. The molecular weight excluding hydrogens is 488 g/mol. The Hall–Kier alpha value is -3.54. The third-order valence-electron chi connectivity index (χ3n) is 6.78. The molecular formula is C28H32N4O6. The lowest BCUT2D eigenvalue weighted by atomic mass is 10.0. The maximum Gasteiger partial charge on any atom is 0.241 e. The highest BCUT2D eigenvalue weighted by atomic mass is 16.5. The Labute approximate surface area is 220 Å². The van der Waals surface area contributed by atoms with Crippen LogP contribution in [0.25, 0.3) is 11.0 Å². The summed E-state index contributed by atoms with van der Waals surface area (Å²) >= 11 is 0. The molecule has 1 fully saturated rings. The fourth-order valence-corrected chi connectivity index (χ4v) is 4.83. The Morgan fingerprint density at radius 3 is 2.42 bits per heavy atom. The van der Waals surface area contributed by atoms with Gasteiger partial charge in [-0.15, -0.1) is 0 Å². The number of nitrogens with zero attached hydrogens (tertiary/aromatic N) is 3. The minimum atomic E-state index is -0.931. The summed E-state index contributed by atoms with van der Waals surface area (Å²) in [5.74, 6) is 1.17. The number of ether oxygens (including phenoxy) is 4. The van der Waals surface area contributed by atoms with Gasteiger partial charge in [-0.05, 0) is 23.3 Å². The van der Waals surface area contributed by atoms with Crippen LogP contribution >= 0.6 is 0 Å². The van der Waals surface area contributed by atoms with E-state index in [1.54, 1.807) is 14.2 Å². The summed E-state index contributed by atoms with van der Waals surface area (Å²) in [5, 5.41) is 24.3. The number of hydrogen-bond acceptors (Lipinski definition) is 9. The minimum absolute atomic E-state index is 0.239. The molecule has 3 heterocycles. The van der Waals surface area contributed by atoms with Crippen LogP contribution in [0.4, 0.5) is 0 Å². The molecule has 3 N–H and O–H groups in total. The SMILES string of the molecule is COc1ccc(CO[C@@H]2[C@H](O)[C@@H](CO)N[C@H]2c2cn(COCc3ccccc3)c3c(OC)ncnc23)cc1. The molecule has 0 aliphatic carbocycles. The normalized spacial score (nSPS) is 21.2. The first-order chi connectivity index (χ1) is 18.6. The quantitative estimate of drug-likeness (QED) is 0.274. The van der Waals surface area contributed by atoms with E-state index in [4.69, 9.17) is 18.9 Å². The second-order valence-corrected chi connectivity index (χ2v) is 9.15. The van der Waals surface area contributed by atoms with Crippen molar-refractivity contribution >= 4 is 11.0 Å². The van der Waals surface area contributed by atoms with Crippen LogP contribution in [-0.4, -0.2) is 63.8 Å². The van der Waals surface area contributed by atoms with Gasteiger partial charge < -0.3 is 39.0 Å². The summed E-state index contributed by atoms with van der Waals surface area (Å²) in [5.41, 5.74) is 4.12. The van der Waals surface area contributed by atoms with E-state index in [9.17, 15) is 10.2 Å². The number of rotatable bonds is 11. The first-order valence-electron chi connectivity index (χ1n) is 12.4. The van der Waals surface area contributed by atoms with Crippen molar-refractivity contribution in [2.24, 2.45) is 0 Å². The minimum Gasteiger partial charge on any atom is -0.497 e. The number of aliphatic hydroxyl groups is 2. The number of fused-ring (bicyclic) bond motifs is 1. The molecule has 4 aromatic rings. The Morgan fingerprint density at radius 2 is 1.71 bits per heavy atom. The molecule has 1 saturated heterocycles. The van der Waals surface area contributed by atoms with Crippen molar-refractivity contribution in [2.45, 2.75) is 44.2 Å². The highest BCUT2D eigenvalue weighted by Gasteiger charge is 2.44. The molecule has 2 aromatic heterocycles. The van der Waals surface area contributed by atoms with E-state index in [1.807, 2.05) is 65.4 Å². The third kappa shape index (κ3) is 5.35. The van der Waals surface area contributed by atoms with Gasteiger partial charge in [0.2, 0.25) is 5.88 Å². The molecule has 2 aromatic carbocycles. The van der Waals surface area contributed by atoms with Gasteiger partial charge >= 0.3 is 0 Å². The van der Waals surface area contributed by atoms with Crippen LogP contribution in [0.1, 0.15) is 22.7 Å². The zero-order valence-electron chi connectivity index (χ0n) is 21.4. The van der Waals surface area contributed by atoms with Crippen LogP contribution in [0.2, 0.25) is 0 Å². The standard InChI is InChI=1S/C28H32N4O6/c1-35-20-10-8-19(9-11-20)15-38-27-24(31-22(13-33)26(27)34)21-12-32(17-37-14-18-6-4-3-5-7-18)25-23(21)29-16-30-28(25)36-2/h3-12,16,22,24,26-27,31,33-34H,13-15,17H2,1-2H3/t22-,24+,26-,27+/m1/s1. The maximum atomic E-state index is 11.0. The fourth-order valence-electron chi connectivity index (χ4n) is 4.83. The average Bonchev–Trinajstić information content (AvgIpc) is 3.49. The van der Waals surface area contributed by atoms with Gasteiger partial charge in [-0.1, -0.05) is 42.5 Å². The predicted molar refractivity (Wildman–Crippen MR) is 140 cm³/mol. The number of methoxy groups -OCH3 is 2. The summed E-state index contributed by atoms with van der Waals surface area (Å²) in [4.78, 5) is 8.83. The lowest BCUT2D eigenvalue weighted by Crippen LogP contribution is -2.36. The van der Waals surface area contributed by atoms with Crippen molar-refractivity contribution < 1.29 is 29.2 Å². The van der Waals surface area contributed by atoms with Crippen molar-refractivity contribution in [1.29, 1.82) is 0 Å². The Morgan fingerprint density at radius 1 is 0.947 bits per heavy atom. The molecule has 0 bridgehead atoms. The van der Waals surface area contributed by atoms with Gasteiger partial charge in [0.05, 0.1) is 52.2 Å². The number of hydrogen-bond donors (Lipinski definition) is 3. The van der Waals surface area contributed by atoms with Gasteiger partial charge in [-0.2, -0.15) is 4.98 Å². The Bertz CT molecular complexity index is 1330. The molecule has 5 rings (SSSR count). The summed E-state index contributed by atoms with van der Waals surface area (Å²) < 4.78 is 24.9. The van der Waals surface area contributed by atoms with E-state index >= 15 is 0 Å². The van der Waals surface area contributed by atoms with Gasteiger partial charge in [0.25, 0.3) is 0 Å². The smallest absolute Gasteiger partial charge is 0.241 e. The van der Waals surface area contributed by atoms with Crippen LogP contribution in [0.5, 0.6) is 11.6 Å². The van der Waals surface area contributed by atoms with Gasteiger partial charge in [0, 0.05) is 11.8 Å². The molecule has 1 aliphatic rings. The monoisotopic (exact) mass is 520 g/mol. The molecule has 10 nitrogen and oxygen atoms in total. The molecule has 0 amide bonds. The van der Waals surface area contributed by atoms with E-state index in [-0.39, 0.29) is 19.9 Å². The summed E-state index contributed by atoms with van der Waals surface area (Å²) in [6, 6.07) is 16.5. The predicted octanol–water partition coefficient (Wildman–Crippen LogP) is 2.57. The highest BCUT2D eigenvalue weighted by Crippen LogP contribution is 2.37. The molecule has 0 radical (unpaired) electrons. The molecule has 4 atom stereocenters. The zero-order chi connectivity index (χ0) is 26.5. The van der Waals surface area contributed by atoms with Gasteiger partial charge in [-0.3, -0.25) is 0 Å². The molecule has 0 unspecified atom stereocenters. The lowest BCUT2D eigenvalue weighted by molar-refractivity contribution is -0.0427. The Kier molecular flexibility index (Phi) is 8.16. The van der Waals surface area contributed by atoms with Crippen molar-refractivity contribution in [1.82, 2.24) is 19.9 Å². The van der Waals surface area contributed by atoms with E-state index in [2.05, 4.69) is 15.3 Å². The van der Waals surface area contributed by atoms with E-state index < -0.39 is 24.3 Å². The summed E-state index contributed by atoms with van der Waals surface area (Å²) in [7, 11) is 3.18. The third-order valence-corrected chi connectivity index (χ3v) is 6.78. The first kappa shape index (κ1) is 26.1. The highest BCUT2D eigenvalue weighted by molar-refractivity contribution is 5.84. The van der Waals surface area contributed by atoms with Crippen molar-refractivity contribution in [3.8, 4) is 11.6 Å². The number of nitrogens with one attached hydrogen (secondary N) is 1. The van der Waals surface area contributed by atoms with Gasteiger partial charge in [-0.25, -0.2) is 4.98 Å². The number of aromatic nitrogens is 3. The van der Waals surface area contributed by atoms with Crippen LogP contribution in [0.15, 0.2) is 67.1 Å². The van der Waals surface area contributed by atoms with Crippen molar-refractivity contribution in [3.05, 3.63) is 83.8 Å². The van der Waals surface area contributed by atoms with Crippen LogP contribution < -0.4 is 14.8 Å². The number of benzene rings is 2. The van der Waals surface area contributed by atoms with Crippen LogP contribution in [0.3, 0.4) is 0 Å². The number of aliphatic hydroxyl groups excluding tert-OH is 2. The van der Waals surface area contributed by atoms with Gasteiger partial charge in [0.15, 0.2) is 0 Å². The molecule has 0 spiro atoms. The second kappa shape index (κ2) is 11.9. The maximum absolute atomic E-state index is 11.0. The fraction of sp³-hybridized carbons (Fsp3) is 0.357. The van der Waals surface area contributed by atoms with E-state index in [0.29, 0.717) is 23.5 Å². The molecule has 0 saturated carbocycles. The molecule has 1 aliphatic heterocycles. The molecule has 200 valence electrons. The first-order valence-corrected chi connectivity index (χ1v) is 12.4. The average molecular weight is 521 g/mol. The Balaban J connectivity index is 1.43. The van der Waals surface area contributed by atoms with Crippen molar-refractivity contribution in [2.75, 3.05) is 20.8 Å². The summed E-state index contributed by atoms with van der Waals surface area (Å²) in [6.45, 7) is 0.716. The van der Waals surface area contributed by atoms with E-state index in [0.717, 1.165) is 22.4 Å². The topological polar surface area (TPSA) is 120 Å². The summed E-state index contributed by atoms with van der Waals surface area (Å²) in [6.07, 6.45) is 1.79. The van der Waals surface area contributed by atoms with Crippen LogP contribution in [0, 0.1) is 0 Å². The van der Waals surface area contributed by atoms with E-state index in [1.165, 1.54) is 6.33 Å². The lowest BCUT2D eigenvalue weighted by Gasteiger charge is -2.22. The molecule has 38 heavy (non-hydrogen) atoms. The van der Waals surface area contributed by atoms with Crippen molar-refractivity contribution in [3.63, 3.8) is 0 Å². The zero-order valence-corrected chi connectivity index (χ0v) is 21.4.